The normalized spacial score (nSPS) is 19.0. The van der Waals surface area contributed by atoms with E-state index in [2.05, 4.69) is 4.98 Å². The lowest BCUT2D eigenvalue weighted by Crippen LogP contribution is -2.41. The highest BCUT2D eigenvalue weighted by Crippen LogP contribution is 2.31. The standard InChI is InChI=1S/C15H17FN2O3/c16-9-1-2-11-12(8-17-13(11)7-9)14(15(20)21)18-5-3-10(19)4-6-18/h1-2,7-8,10,14,17,19H,3-6H2,(H,20,21). The summed E-state index contributed by atoms with van der Waals surface area (Å²) in [6.07, 6.45) is 2.42. The second-order valence-corrected chi connectivity index (χ2v) is 5.44. The molecule has 2 heterocycles. The van der Waals surface area contributed by atoms with Crippen molar-refractivity contribution in [3.63, 3.8) is 0 Å². The van der Waals surface area contributed by atoms with E-state index in [4.69, 9.17) is 0 Å². The minimum atomic E-state index is -0.934. The van der Waals surface area contributed by atoms with E-state index in [1.807, 2.05) is 4.90 Å². The number of H-pyrrole nitrogens is 1. The van der Waals surface area contributed by atoms with Crippen LogP contribution in [0.15, 0.2) is 24.4 Å². The molecule has 0 spiro atoms. The molecule has 3 N–H and O–H groups in total. The number of hydrogen-bond acceptors (Lipinski definition) is 3. The van der Waals surface area contributed by atoms with Crippen molar-refractivity contribution in [3.8, 4) is 0 Å². The molecule has 2 aromatic rings. The second kappa shape index (κ2) is 5.46. The van der Waals surface area contributed by atoms with Crippen molar-refractivity contribution < 1.29 is 19.4 Å². The van der Waals surface area contributed by atoms with Crippen LogP contribution in [0.5, 0.6) is 0 Å². The molecule has 1 saturated heterocycles. The number of aliphatic hydroxyl groups excluding tert-OH is 1. The summed E-state index contributed by atoms with van der Waals surface area (Å²) in [5.74, 6) is -1.29. The Labute approximate surface area is 121 Å². The summed E-state index contributed by atoms with van der Waals surface area (Å²) in [5.41, 5.74) is 1.22. The highest BCUT2D eigenvalue weighted by Gasteiger charge is 2.32. The number of carboxylic acid groups (broad SMARTS) is 1. The van der Waals surface area contributed by atoms with Gasteiger partial charge in [0.2, 0.25) is 0 Å². The Bertz CT molecular complexity index is 662. The van der Waals surface area contributed by atoms with E-state index in [9.17, 15) is 19.4 Å². The lowest BCUT2D eigenvalue weighted by atomic mass is 10.00. The second-order valence-electron chi connectivity index (χ2n) is 5.44. The van der Waals surface area contributed by atoms with E-state index in [0.717, 1.165) is 5.39 Å². The van der Waals surface area contributed by atoms with Crippen LogP contribution in [0.2, 0.25) is 0 Å². The van der Waals surface area contributed by atoms with Crippen molar-refractivity contribution in [2.24, 2.45) is 0 Å². The number of nitrogens with one attached hydrogen (secondary N) is 1. The summed E-state index contributed by atoms with van der Waals surface area (Å²) >= 11 is 0. The van der Waals surface area contributed by atoms with Crippen LogP contribution in [0, 0.1) is 5.82 Å². The number of aliphatic hydroxyl groups is 1. The first-order valence-electron chi connectivity index (χ1n) is 6.97. The first kappa shape index (κ1) is 14.0. The van der Waals surface area contributed by atoms with Gasteiger partial charge in [-0.3, -0.25) is 9.69 Å². The van der Waals surface area contributed by atoms with Gasteiger partial charge in [0.25, 0.3) is 0 Å². The number of nitrogens with zero attached hydrogens (tertiary/aromatic N) is 1. The quantitative estimate of drug-likeness (QED) is 0.807. The zero-order valence-electron chi connectivity index (χ0n) is 11.4. The third-order valence-corrected chi connectivity index (χ3v) is 4.07. The number of carbonyl (C=O) groups is 1. The smallest absolute Gasteiger partial charge is 0.325 e. The molecule has 1 fully saturated rings. The monoisotopic (exact) mass is 292 g/mol. The molecular formula is C15H17FN2O3. The van der Waals surface area contributed by atoms with Gasteiger partial charge < -0.3 is 15.2 Å². The zero-order valence-corrected chi connectivity index (χ0v) is 11.4. The number of carboxylic acids is 1. The molecule has 5 nitrogen and oxygen atoms in total. The van der Waals surface area contributed by atoms with Crippen molar-refractivity contribution >= 4 is 16.9 Å². The van der Waals surface area contributed by atoms with Crippen LogP contribution in [0.1, 0.15) is 24.4 Å². The molecule has 1 aromatic carbocycles. The third-order valence-electron chi connectivity index (χ3n) is 4.07. The minimum absolute atomic E-state index is 0.354. The van der Waals surface area contributed by atoms with Crippen molar-refractivity contribution in [2.45, 2.75) is 25.0 Å². The molecule has 0 saturated carbocycles. The number of aliphatic carboxylic acids is 1. The number of likely N-dealkylation sites (tertiary alicyclic amines) is 1. The highest BCUT2D eigenvalue weighted by molar-refractivity contribution is 5.89. The average molecular weight is 292 g/mol. The van der Waals surface area contributed by atoms with E-state index in [1.54, 1.807) is 12.3 Å². The summed E-state index contributed by atoms with van der Waals surface area (Å²) < 4.78 is 13.2. The Morgan fingerprint density at radius 1 is 1.38 bits per heavy atom. The first-order chi connectivity index (χ1) is 10.1. The van der Waals surface area contributed by atoms with Gasteiger partial charge in [-0.1, -0.05) is 0 Å². The Balaban J connectivity index is 1.98. The van der Waals surface area contributed by atoms with Gasteiger partial charge in [-0.25, -0.2) is 4.39 Å². The van der Waals surface area contributed by atoms with Crippen molar-refractivity contribution in [1.29, 1.82) is 0 Å². The van der Waals surface area contributed by atoms with E-state index in [0.29, 0.717) is 37.0 Å². The Hall–Kier alpha value is -1.92. The van der Waals surface area contributed by atoms with Gasteiger partial charge in [0.1, 0.15) is 11.9 Å². The molecule has 1 aromatic heterocycles. The van der Waals surface area contributed by atoms with Crippen LogP contribution in [-0.4, -0.2) is 45.3 Å². The largest absolute Gasteiger partial charge is 0.480 e. The number of fused-ring (bicyclic) bond motifs is 1. The van der Waals surface area contributed by atoms with Crippen LogP contribution in [0.4, 0.5) is 4.39 Å². The Morgan fingerprint density at radius 3 is 2.76 bits per heavy atom. The lowest BCUT2D eigenvalue weighted by Gasteiger charge is -2.33. The van der Waals surface area contributed by atoms with Gasteiger partial charge in [0.15, 0.2) is 0 Å². The number of halogens is 1. The molecule has 3 rings (SSSR count). The molecule has 0 bridgehead atoms. The fraction of sp³-hybridized carbons (Fsp3) is 0.400. The minimum Gasteiger partial charge on any atom is -0.480 e. The lowest BCUT2D eigenvalue weighted by molar-refractivity contribution is -0.144. The van der Waals surface area contributed by atoms with Crippen LogP contribution in [0.25, 0.3) is 10.9 Å². The summed E-state index contributed by atoms with van der Waals surface area (Å²) in [4.78, 5) is 16.5. The maximum absolute atomic E-state index is 13.2. The average Bonchev–Trinajstić information content (AvgIpc) is 2.84. The molecule has 0 amide bonds. The summed E-state index contributed by atoms with van der Waals surface area (Å²) in [7, 11) is 0. The van der Waals surface area contributed by atoms with Crippen LogP contribution < -0.4 is 0 Å². The van der Waals surface area contributed by atoms with E-state index in [1.165, 1.54) is 12.1 Å². The predicted molar refractivity (Wildman–Crippen MR) is 75.4 cm³/mol. The number of aromatic nitrogens is 1. The number of rotatable bonds is 3. The van der Waals surface area contributed by atoms with Gasteiger partial charge in [-0.15, -0.1) is 0 Å². The van der Waals surface area contributed by atoms with Gasteiger partial charge in [-0.05, 0) is 31.0 Å². The van der Waals surface area contributed by atoms with Crippen molar-refractivity contribution in [2.75, 3.05) is 13.1 Å². The highest BCUT2D eigenvalue weighted by atomic mass is 19.1. The Kier molecular flexibility index (Phi) is 3.65. The van der Waals surface area contributed by atoms with E-state index in [-0.39, 0.29) is 11.9 Å². The number of piperidine rings is 1. The van der Waals surface area contributed by atoms with Gasteiger partial charge in [0, 0.05) is 35.8 Å². The molecule has 21 heavy (non-hydrogen) atoms. The van der Waals surface area contributed by atoms with Gasteiger partial charge in [0.05, 0.1) is 6.10 Å². The Morgan fingerprint density at radius 2 is 2.10 bits per heavy atom. The molecule has 1 atom stereocenters. The zero-order chi connectivity index (χ0) is 15.0. The molecule has 1 aliphatic rings. The van der Waals surface area contributed by atoms with E-state index >= 15 is 0 Å². The maximum Gasteiger partial charge on any atom is 0.325 e. The molecule has 0 aliphatic carbocycles. The molecular weight excluding hydrogens is 275 g/mol. The molecule has 1 aliphatic heterocycles. The van der Waals surface area contributed by atoms with Crippen LogP contribution >= 0.6 is 0 Å². The third kappa shape index (κ3) is 2.64. The fourth-order valence-electron chi connectivity index (χ4n) is 2.98. The van der Waals surface area contributed by atoms with Crippen molar-refractivity contribution in [3.05, 3.63) is 35.8 Å². The summed E-state index contributed by atoms with van der Waals surface area (Å²) in [5, 5.41) is 19.9. The molecule has 6 heteroatoms. The number of aromatic amines is 1. The summed E-state index contributed by atoms with van der Waals surface area (Å²) in [6, 6.07) is 3.51. The maximum atomic E-state index is 13.2. The first-order valence-corrected chi connectivity index (χ1v) is 6.97. The molecule has 0 radical (unpaired) electrons. The number of hydrogen-bond donors (Lipinski definition) is 3. The fourth-order valence-corrected chi connectivity index (χ4v) is 2.98. The van der Waals surface area contributed by atoms with Crippen molar-refractivity contribution in [1.82, 2.24) is 9.88 Å². The molecule has 112 valence electrons. The van der Waals surface area contributed by atoms with E-state index < -0.39 is 12.0 Å². The predicted octanol–water partition coefficient (Wildman–Crippen LogP) is 1.89. The SMILES string of the molecule is O=C(O)C(c1c[nH]c2cc(F)ccc12)N1CCC(O)CC1. The summed E-state index contributed by atoms with van der Waals surface area (Å²) in [6.45, 7) is 1.07. The van der Waals surface area contributed by atoms with Gasteiger partial charge >= 0.3 is 5.97 Å². The molecule has 1 unspecified atom stereocenters. The van der Waals surface area contributed by atoms with Crippen LogP contribution in [0.3, 0.4) is 0 Å². The van der Waals surface area contributed by atoms with Crippen LogP contribution in [-0.2, 0) is 4.79 Å². The topological polar surface area (TPSA) is 76.6 Å². The number of benzene rings is 1. The van der Waals surface area contributed by atoms with Gasteiger partial charge in [-0.2, -0.15) is 0 Å².